The Bertz CT molecular complexity index is 392. The normalized spacial score (nSPS) is 8.69. The summed E-state index contributed by atoms with van der Waals surface area (Å²) in [5.74, 6) is 0. The predicted octanol–water partition coefficient (Wildman–Crippen LogP) is 2.57. The maximum atomic E-state index is 10.5. The number of hydrogen-bond donors (Lipinski definition) is 1. The number of nitrogens with zero attached hydrogens (tertiary/aromatic N) is 2. The van der Waals surface area contributed by atoms with Crippen molar-refractivity contribution in [3.8, 4) is 0 Å². The van der Waals surface area contributed by atoms with Gasteiger partial charge in [-0.05, 0) is 6.07 Å². The molecule has 0 amide bonds. The molecule has 88 valence electrons. The van der Waals surface area contributed by atoms with Crippen LogP contribution in [0.1, 0.15) is 13.8 Å². The molecule has 0 aliphatic heterocycles. The Morgan fingerprint density at radius 1 is 1.12 bits per heavy atom. The maximum Gasteiger partial charge on any atom is 0.299 e. The number of anilines is 1. The van der Waals surface area contributed by atoms with E-state index in [-0.39, 0.29) is 17.1 Å². The number of non-ortho nitro benzene ring substituents is 1. The summed E-state index contributed by atoms with van der Waals surface area (Å²) < 4.78 is 0. The van der Waals surface area contributed by atoms with Gasteiger partial charge in [-0.25, -0.2) is 0 Å². The number of hydrogen-bond acceptors (Lipinski definition) is 5. The summed E-state index contributed by atoms with van der Waals surface area (Å²) in [6.07, 6.45) is 0. The summed E-state index contributed by atoms with van der Waals surface area (Å²) in [7, 11) is 1.51. The summed E-state index contributed by atoms with van der Waals surface area (Å²) >= 11 is 0. The third-order valence-corrected chi connectivity index (χ3v) is 1.66. The molecule has 7 heteroatoms. The van der Waals surface area contributed by atoms with Crippen LogP contribution in [0, 0.1) is 20.2 Å². The maximum absolute atomic E-state index is 10.5. The van der Waals surface area contributed by atoms with Gasteiger partial charge in [0.25, 0.3) is 11.4 Å². The van der Waals surface area contributed by atoms with Crippen molar-refractivity contribution in [2.75, 3.05) is 12.4 Å². The van der Waals surface area contributed by atoms with E-state index in [0.29, 0.717) is 0 Å². The molecule has 0 bridgehead atoms. The topological polar surface area (TPSA) is 98.3 Å². The van der Waals surface area contributed by atoms with E-state index < -0.39 is 9.85 Å². The van der Waals surface area contributed by atoms with E-state index in [0.717, 1.165) is 6.07 Å². The summed E-state index contributed by atoms with van der Waals surface area (Å²) in [6.45, 7) is 4.00. The smallest absolute Gasteiger partial charge is 0.299 e. The quantitative estimate of drug-likeness (QED) is 0.632. The van der Waals surface area contributed by atoms with Gasteiger partial charge >= 0.3 is 0 Å². The first-order valence-corrected chi connectivity index (χ1v) is 4.67. The van der Waals surface area contributed by atoms with Crippen LogP contribution in [0.2, 0.25) is 0 Å². The molecule has 0 fully saturated rings. The lowest BCUT2D eigenvalue weighted by molar-refractivity contribution is -0.393. The second kappa shape index (κ2) is 6.33. The number of rotatable bonds is 3. The molecule has 1 aromatic rings. The minimum Gasteiger partial charge on any atom is -0.383 e. The molecule has 0 radical (unpaired) electrons. The number of nitrogens with one attached hydrogen (secondary N) is 1. The SMILES string of the molecule is CC.CNc1ccc([N+](=O)[O-])cc1[N+](=O)[O-]. The highest BCUT2D eigenvalue weighted by molar-refractivity contribution is 5.64. The molecule has 0 aromatic heterocycles. The van der Waals surface area contributed by atoms with Crippen LogP contribution in [0.5, 0.6) is 0 Å². The minimum atomic E-state index is -0.674. The van der Waals surface area contributed by atoms with Gasteiger partial charge in [-0.2, -0.15) is 0 Å². The van der Waals surface area contributed by atoms with Gasteiger partial charge in [-0.1, -0.05) is 13.8 Å². The van der Waals surface area contributed by atoms with Crippen molar-refractivity contribution in [3.63, 3.8) is 0 Å². The Labute approximate surface area is 92.4 Å². The third kappa shape index (κ3) is 3.19. The molecule has 7 nitrogen and oxygen atoms in total. The Morgan fingerprint density at radius 3 is 2.06 bits per heavy atom. The monoisotopic (exact) mass is 227 g/mol. The van der Waals surface area contributed by atoms with Crippen LogP contribution >= 0.6 is 0 Å². The lowest BCUT2D eigenvalue weighted by Gasteiger charge is -2.00. The molecule has 0 spiro atoms. The fraction of sp³-hybridized carbons (Fsp3) is 0.333. The van der Waals surface area contributed by atoms with Crippen LogP contribution in [-0.2, 0) is 0 Å². The average molecular weight is 227 g/mol. The second-order valence-corrected chi connectivity index (χ2v) is 2.47. The number of nitro groups is 2. The first-order chi connectivity index (χ1) is 7.56. The van der Waals surface area contributed by atoms with Gasteiger partial charge in [-0.3, -0.25) is 20.2 Å². The zero-order chi connectivity index (χ0) is 12.7. The molecule has 0 heterocycles. The third-order valence-electron chi connectivity index (χ3n) is 1.66. The predicted molar refractivity (Wildman–Crippen MR) is 60.6 cm³/mol. The van der Waals surface area contributed by atoms with E-state index >= 15 is 0 Å². The van der Waals surface area contributed by atoms with Crippen LogP contribution in [0.15, 0.2) is 18.2 Å². The van der Waals surface area contributed by atoms with Gasteiger partial charge in [0.1, 0.15) is 5.69 Å². The molecule has 1 N–H and O–H groups in total. The molecule has 0 saturated heterocycles. The number of benzene rings is 1. The lowest BCUT2D eigenvalue weighted by atomic mass is 10.2. The average Bonchev–Trinajstić information content (AvgIpc) is 2.30. The van der Waals surface area contributed by atoms with Gasteiger partial charge in [0.05, 0.1) is 15.9 Å². The molecule has 0 saturated carbocycles. The van der Waals surface area contributed by atoms with Crippen molar-refractivity contribution < 1.29 is 9.85 Å². The highest BCUT2D eigenvalue weighted by Crippen LogP contribution is 2.28. The van der Waals surface area contributed by atoms with Crippen LogP contribution < -0.4 is 5.32 Å². The highest BCUT2D eigenvalue weighted by Gasteiger charge is 2.17. The number of nitro benzene ring substituents is 2. The summed E-state index contributed by atoms with van der Waals surface area (Å²) in [5, 5.41) is 23.4. The van der Waals surface area contributed by atoms with Crippen LogP contribution in [-0.4, -0.2) is 16.9 Å². The van der Waals surface area contributed by atoms with Crippen molar-refractivity contribution in [2.24, 2.45) is 0 Å². The molecule has 0 atom stereocenters. The molecule has 1 aromatic carbocycles. The standard InChI is InChI=1S/C7H7N3O4.C2H6/c1-8-6-3-2-5(9(11)12)4-7(6)10(13)14;1-2/h2-4,8H,1H3;1-2H3. The Morgan fingerprint density at radius 2 is 1.69 bits per heavy atom. The van der Waals surface area contributed by atoms with E-state index in [1.807, 2.05) is 13.8 Å². The van der Waals surface area contributed by atoms with E-state index in [1.54, 1.807) is 0 Å². The van der Waals surface area contributed by atoms with E-state index in [9.17, 15) is 20.2 Å². The molecule has 16 heavy (non-hydrogen) atoms. The first-order valence-electron chi connectivity index (χ1n) is 4.67. The Balaban J connectivity index is 0.00000106. The van der Waals surface area contributed by atoms with Gasteiger partial charge in [0.2, 0.25) is 0 Å². The molecule has 0 aliphatic carbocycles. The van der Waals surface area contributed by atoms with E-state index in [4.69, 9.17) is 0 Å². The van der Waals surface area contributed by atoms with Crippen LogP contribution in [0.25, 0.3) is 0 Å². The van der Waals surface area contributed by atoms with Crippen molar-refractivity contribution in [2.45, 2.75) is 13.8 Å². The van der Waals surface area contributed by atoms with Crippen molar-refractivity contribution in [3.05, 3.63) is 38.4 Å². The molecule has 0 unspecified atom stereocenters. The highest BCUT2D eigenvalue weighted by atomic mass is 16.6. The fourth-order valence-electron chi connectivity index (χ4n) is 0.996. The molecular formula is C9H13N3O4. The van der Waals surface area contributed by atoms with Crippen molar-refractivity contribution in [1.82, 2.24) is 0 Å². The van der Waals surface area contributed by atoms with E-state index in [2.05, 4.69) is 5.32 Å². The largest absolute Gasteiger partial charge is 0.383 e. The zero-order valence-electron chi connectivity index (χ0n) is 9.26. The van der Waals surface area contributed by atoms with Crippen molar-refractivity contribution in [1.29, 1.82) is 0 Å². The summed E-state index contributed by atoms with van der Waals surface area (Å²) in [4.78, 5) is 19.5. The molecular weight excluding hydrogens is 214 g/mol. The van der Waals surface area contributed by atoms with Gasteiger partial charge in [0, 0.05) is 13.1 Å². The molecule has 1 rings (SSSR count). The minimum absolute atomic E-state index is 0.251. The van der Waals surface area contributed by atoms with Crippen LogP contribution in [0.4, 0.5) is 17.1 Å². The zero-order valence-corrected chi connectivity index (χ0v) is 9.26. The van der Waals surface area contributed by atoms with Gasteiger partial charge in [-0.15, -0.1) is 0 Å². The Hall–Kier alpha value is -2.18. The first kappa shape index (κ1) is 13.8. The van der Waals surface area contributed by atoms with Gasteiger partial charge < -0.3 is 5.32 Å². The lowest BCUT2D eigenvalue weighted by Crippen LogP contribution is -1.98. The summed E-state index contributed by atoms with van der Waals surface area (Å²) in [5.41, 5.74) is -0.349. The van der Waals surface area contributed by atoms with Crippen LogP contribution in [0.3, 0.4) is 0 Å². The second-order valence-electron chi connectivity index (χ2n) is 2.47. The van der Waals surface area contributed by atoms with E-state index in [1.165, 1.54) is 19.2 Å². The van der Waals surface area contributed by atoms with Crippen molar-refractivity contribution >= 4 is 17.1 Å². The summed E-state index contributed by atoms with van der Waals surface area (Å²) in [6, 6.07) is 3.43. The fourth-order valence-corrected chi connectivity index (χ4v) is 0.996. The molecule has 0 aliphatic rings. The van der Waals surface area contributed by atoms with Gasteiger partial charge in [0.15, 0.2) is 0 Å². The Kier molecular flexibility index (Phi) is 5.47.